The van der Waals surface area contributed by atoms with E-state index in [4.69, 9.17) is 0 Å². The SMILES string of the molecule is C1=CC2=C(C=1)C2. The lowest BCUT2D eigenvalue weighted by molar-refractivity contribution is 1.52. The molecule has 0 aliphatic heterocycles. The molecule has 0 saturated heterocycles. The van der Waals surface area contributed by atoms with Crippen molar-refractivity contribution in [2.24, 2.45) is 0 Å². The largest absolute Gasteiger partial charge is 0.120 e. The lowest BCUT2D eigenvalue weighted by atomic mass is 10.4. The van der Waals surface area contributed by atoms with Gasteiger partial charge in [0.15, 0.2) is 0 Å². The second-order valence-corrected chi connectivity index (χ2v) is 1.68. The standard InChI is InChI=1S/C6H4/c1-2-5-4-6(5)3-1/h2-3H,4H2. The predicted molar refractivity (Wildman–Crippen MR) is 24.3 cm³/mol. The van der Waals surface area contributed by atoms with Gasteiger partial charge in [-0.05, 0) is 29.7 Å². The minimum Gasteiger partial charge on any atom is -0.120 e. The van der Waals surface area contributed by atoms with Crippen molar-refractivity contribution < 1.29 is 0 Å². The van der Waals surface area contributed by atoms with Gasteiger partial charge in [0.2, 0.25) is 0 Å². The molecular formula is C6H4. The molecule has 0 bridgehead atoms. The first-order valence-corrected chi connectivity index (χ1v) is 2.11. The Bertz CT molecular complexity index is 160. The molecular weight excluding hydrogens is 72.1 g/mol. The van der Waals surface area contributed by atoms with E-state index in [2.05, 4.69) is 17.9 Å². The molecule has 0 amide bonds. The quantitative estimate of drug-likeness (QED) is 0.383. The van der Waals surface area contributed by atoms with Crippen molar-refractivity contribution in [3.63, 3.8) is 0 Å². The molecule has 0 radical (unpaired) electrons. The van der Waals surface area contributed by atoms with Gasteiger partial charge in [-0.25, -0.2) is 0 Å². The molecule has 0 aromatic heterocycles. The first-order valence-electron chi connectivity index (χ1n) is 2.11. The van der Waals surface area contributed by atoms with Gasteiger partial charge in [0.05, 0.1) is 0 Å². The molecule has 0 aromatic rings. The molecule has 28 valence electrons. The molecule has 0 spiro atoms. The fourth-order valence-corrected chi connectivity index (χ4v) is 0.691. The average Bonchev–Trinajstić information content (AvgIpc) is 2.17. The Kier molecular flexibility index (Phi) is 0.214. The van der Waals surface area contributed by atoms with Crippen LogP contribution in [-0.4, -0.2) is 0 Å². The number of hydrogen-bond acceptors (Lipinski definition) is 0. The zero-order chi connectivity index (χ0) is 3.98. The maximum atomic E-state index is 3.00. The van der Waals surface area contributed by atoms with Gasteiger partial charge in [-0.1, -0.05) is 0 Å². The first kappa shape index (κ1) is 2.44. The number of allylic oxidation sites excluding steroid dienone is 3. The van der Waals surface area contributed by atoms with Crippen LogP contribution in [0.3, 0.4) is 0 Å². The van der Waals surface area contributed by atoms with Gasteiger partial charge >= 0.3 is 0 Å². The second kappa shape index (κ2) is 0.528. The monoisotopic (exact) mass is 76.0 g/mol. The van der Waals surface area contributed by atoms with E-state index in [0.29, 0.717) is 0 Å². The van der Waals surface area contributed by atoms with Crippen molar-refractivity contribution in [1.82, 2.24) is 0 Å². The lowest BCUT2D eigenvalue weighted by Gasteiger charge is -1.62. The van der Waals surface area contributed by atoms with Crippen LogP contribution in [0.1, 0.15) is 6.42 Å². The van der Waals surface area contributed by atoms with Crippen molar-refractivity contribution in [2.45, 2.75) is 6.42 Å². The van der Waals surface area contributed by atoms with Gasteiger partial charge in [0.25, 0.3) is 0 Å². The molecule has 0 saturated carbocycles. The highest BCUT2D eigenvalue weighted by Crippen LogP contribution is 2.35. The summed E-state index contributed by atoms with van der Waals surface area (Å²) in [6.07, 6.45) is 5.34. The van der Waals surface area contributed by atoms with E-state index < -0.39 is 0 Å². The molecule has 2 rings (SSSR count). The summed E-state index contributed by atoms with van der Waals surface area (Å²) in [5.41, 5.74) is 5.99. The topological polar surface area (TPSA) is 0 Å². The first-order chi connectivity index (χ1) is 2.97. The summed E-state index contributed by atoms with van der Waals surface area (Å²) in [5.74, 6) is 0. The Hall–Kier alpha value is -0.740. The molecule has 0 heterocycles. The second-order valence-electron chi connectivity index (χ2n) is 1.68. The summed E-state index contributed by atoms with van der Waals surface area (Å²) in [5, 5.41) is 0. The van der Waals surface area contributed by atoms with Crippen LogP contribution in [0, 0.1) is 0 Å². The number of rotatable bonds is 0. The van der Waals surface area contributed by atoms with Gasteiger partial charge in [0, 0.05) is 0 Å². The van der Waals surface area contributed by atoms with Crippen molar-refractivity contribution in [1.29, 1.82) is 0 Å². The molecule has 0 atom stereocenters. The summed E-state index contributed by atoms with van der Waals surface area (Å²) >= 11 is 0. The molecule has 2 aliphatic rings. The van der Waals surface area contributed by atoms with Crippen LogP contribution < -0.4 is 0 Å². The Labute approximate surface area is 36.5 Å². The zero-order valence-electron chi connectivity index (χ0n) is 3.36. The van der Waals surface area contributed by atoms with Gasteiger partial charge in [0.1, 0.15) is 0 Å². The number of hydrogen-bond donors (Lipinski definition) is 0. The smallest absolute Gasteiger partial charge is 0.000736 e. The molecule has 0 N–H and O–H groups in total. The van der Waals surface area contributed by atoms with Crippen LogP contribution >= 0.6 is 0 Å². The summed E-state index contributed by atoms with van der Waals surface area (Å²) in [6, 6.07) is 0. The van der Waals surface area contributed by atoms with Gasteiger partial charge < -0.3 is 0 Å². The highest BCUT2D eigenvalue weighted by molar-refractivity contribution is 5.54. The van der Waals surface area contributed by atoms with E-state index in [1.807, 2.05) is 0 Å². The normalized spacial score (nSPS) is 22.7. The summed E-state index contributed by atoms with van der Waals surface area (Å²) < 4.78 is 0. The van der Waals surface area contributed by atoms with Gasteiger partial charge in [-0.3, -0.25) is 0 Å². The third kappa shape index (κ3) is 0.131. The molecule has 6 heavy (non-hydrogen) atoms. The van der Waals surface area contributed by atoms with Crippen molar-refractivity contribution in [2.75, 3.05) is 0 Å². The Morgan fingerprint density at radius 1 is 1.33 bits per heavy atom. The Morgan fingerprint density at radius 3 is 2.17 bits per heavy atom. The van der Waals surface area contributed by atoms with E-state index in [-0.39, 0.29) is 0 Å². The molecule has 0 heteroatoms. The van der Waals surface area contributed by atoms with Gasteiger partial charge in [-0.15, -0.1) is 5.73 Å². The minimum absolute atomic E-state index is 1.24. The van der Waals surface area contributed by atoms with Crippen LogP contribution in [0.15, 0.2) is 29.0 Å². The molecule has 0 unspecified atom stereocenters. The predicted octanol–water partition coefficient (Wildman–Crippen LogP) is 1.41. The summed E-state index contributed by atoms with van der Waals surface area (Å²) in [6.45, 7) is 0. The van der Waals surface area contributed by atoms with E-state index >= 15 is 0 Å². The third-order valence-electron chi connectivity index (χ3n) is 1.18. The molecule has 0 fully saturated rings. The van der Waals surface area contributed by atoms with Crippen LogP contribution in [-0.2, 0) is 0 Å². The van der Waals surface area contributed by atoms with Crippen LogP contribution in [0.5, 0.6) is 0 Å². The fourth-order valence-electron chi connectivity index (χ4n) is 0.691. The molecule has 0 aromatic carbocycles. The van der Waals surface area contributed by atoms with Crippen molar-refractivity contribution >= 4 is 0 Å². The van der Waals surface area contributed by atoms with E-state index in [0.717, 1.165) is 0 Å². The average molecular weight is 76.1 g/mol. The van der Waals surface area contributed by atoms with Crippen molar-refractivity contribution in [3.8, 4) is 0 Å². The maximum absolute atomic E-state index is 3.00. The van der Waals surface area contributed by atoms with Crippen LogP contribution in [0.25, 0.3) is 0 Å². The van der Waals surface area contributed by atoms with E-state index in [1.54, 1.807) is 0 Å². The Balaban J connectivity index is 2.67. The maximum Gasteiger partial charge on any atom is -0.000736 e. The fraction of sp³-hybridized carbons (Fsp3) is 0.167. The van der Waals surface area contributed by atoms with E-state index in [1.165, 1.54) is 17.6 Å². The van der Waals surface area contributed by atoms with Crippen LogP contribution in [0.4, 0.5) is 0 Å². The zero-order valence-corrected chi connectivity index (χ0v) is 3.36. The third-order valence-corrected chi connectivity index (χ3v) is 1.18. The molecule has 2 aliphatic carbocycles. The summed E-state index contributed by atoms with van der Waals surface area (Å²) in [4.78, 5) is 0. The highest BCUT2D eigenvalue weighted by atomic mass is 14.2. The minimum atomic E-state index is 1.24. The van der Waals surface area contributed by atoms with Crippen molar-refractivity contribution in [3.05, 3.63) is 29.0 Å². The molecule has 0 nitrogen and oxygen atoms in total. The van der Waals surface area contributed by atoms with E-state index in [9.17, 15) is 0 Å². The van der Waals surface area contributed by atoms with Crippen LogP contribution in [0.2, 0.25) is 0 Å². The summed E-state index contributed by atoms with van der Waals surface area (Å²) in [7, 11) is 0. The van der Waals surface area contributed by atoms with Gasteiger partial charge in [-0.2, -0.15) is 0 Å². The Morgan fingerprint density at radius 2 is 2.00 bits per heavy atom. The highest BCUT2D eigenvalue weighted by Gasteiger charge is 2.17. The lowest BCUT2D eigenvalue weighted by Crippen LogP contribution is -1.44.